The van der Waals surface area contributed by atoms with Gasteiger partial charge in [-0.05, 0) is 34.8 Å². The van der Waals surface area contributed by atoms with Crippen LogP contribution < -0.4 is 5.32 Å². The van der Waals surface area contributed by atoms with Crippen LogP contribution in [0.1, 0.15) is 17.8 Å². The molecule has 0 saturated carbocycles. The number of thiazole rings is 1. The van der Waals surface area contributed by atoms with E-state index in [0.717, 1.165) is 59.7 Å². The van der Waals surface area contributed by atoms with Gasteiger partial charge in [-0.1, -0.05) is 29.8 Å². The van der Waals surface area contributed by atoms with Gasteiger partial charge in [0.2, 0.25) is 0 Å². The van der Waals surface area contributed by atoms with Crippen molar-refractivity contribution in [2.24, 2.45) is 0 Å². The third-order valence-corrected chi connectivity index (χ3v) is 7.01. The number of nitrogens with zero attached hydrogens (tertiary/aromatic N) is 5. The van der Waals surface area contributed by atoms with Crippen LogP contribution in [0.4, 0.5) is 5.82 Å². The number of nitrogens with one attached hydrogen (secondary N) is 1. The van der Waals surface area contributed by atoms with Crippen molar-refractivity contribution in [3.05, 3.63) is 62.6 Å². The molecule has 1 fully saturated rings. The minimum atomic E-state index is 0.380. The van der Waals surface area contributed by atoms with Gasteiger partial charge in [-0.15, -0.1) is 11.3 Å². The first-order valence-electron chi connectivity index (χ1n) is 9.84. The van der Waals surface area contributed by atoms with Crippen molar-refractivity contribution in [1.82, 2.24) is 24.5 Å². The number of rotatable bonds is 5. The minimum absolute atomic E-state index is 0.380. The van der Waals surface area contributed by atoms with E-state index in [1.54, 1.807) is 17.5 Å². The van der Waals surface area contributed by atoms with Crippen molar-refractivity contribution in [2.45, 2.75) is 25.4 Å². The van der Waals surface area contributed by atoms with Gasteiger partial charge in [0.1, 0.15) is 10.8 Å². The lowest BCUT2D eigenvalue weighted by Crippen LogP contribution is -2.39. The van der Waals surface area contributed by atoms with Crippen LogP contribution in [0.15, 0.2) is 52.6 Å². The van der Waals surface area contributed by atoms with Gasteiger partial charge in [-0.25, -0.2) is 9.97 Å². The fourth-order valence-electron chi connectivity index (χ4n) is 3.81. The van der Waals surface area contributed by atoms with Crippen molar-refractivity contribution in [3.8, 4) is 11.3 Å². The zero-order chi connectivity index (χ0) is 20.5. The summed E-state index contributed by atoms with van der Waals surface area (Å²) in [5, 5.41) is 12.1. The lowest BCUT2D eigenvalue weighted by molar-refractivity contribution is 0.211. The predicted octanol–water partition coefficient (Wildman–Crippen LogP) is 5.35. The topological polar surface area (TPSA) is 58.4 Å². The van der Waals surface area contributed by atoms with Gasteiger partial charge in [0.25, 0.3) is 0 Å². The number of piperidine rings is 1. The van der Waals surface area contributed by atoms with Gasteiger partial charge >= 0.3 is 0 Å². The molecule has 0 aliphatic carbocycles. The molecule has 1 aromatic carbocycles. The summed E-state index contributed by atoms with van der Waals surface area (Å²) in [7, 11) is 0. The molecule has 154 valence electrons. The first-order valence-corrected chi connectivity index (χ1v) is 11.9. The highest BCUT2D eigenvalue weighted by atomic mass is 79.9. The summed E-state index contributed by atoms with van der Waals surface area (Å²) in [6.07, 6.45) is 5.79. The molecular weight excluding hydrogens is 484 g/mol. The summed E-state index contributed by atoms with van der Waals surface area (Å²) < 4.78 is 2.71. The fourth-order valence-corrected chi connectivity index (χ4v) is 5.05. The lowest BCUT2D eigenvalue weighted by atomic mass is 10.0. The third kappa shape index (κ3) is 4.09. The average Bonchev–Trinajstić information content (AvgIpc) is 3.40. The van der Waals surface area contributed by atoms with Crippen LogP contribution in [0.3, 0.4) is 0 Å². The molecule has 4 aromatic rings. The number of hydrogen-bond donors (Lipinski definition) is 1. The van der Waals surface area contributed by atoms with E-state index in [4.69, 9.17) is 16.6 Å². The summed E-state index contributed by atoms with van der Waals surface area (Å²) in [6.45, 7) is 3.03. The van der Waals surface area contributed by atoms with Crippen LogP contribution in [0, 0.1) is 0 Å². The molecule has 4 heterocycles. The second kappa shape index (κ2) is 8.63. The van der Waals surface area contributed by atoms with Crippen LogP contribution in [-0.4, -0.2) is 43.6 Å². The zero-order valence-corrected chi connectivity index (χ0v) is 19.3. The van der Waals surface area contributed by atoms with E-state index in [9.17, 15) is 0 Å². The van der Waals surface area contributed by atoms with E-state index in [2.05, 4.69) is 36.2 Å². The number of hydrogen-bond acceptors (Lipinski definition) is 6. The molecule has 3 aromatic heterocycles. The molecular formula is C21H20BrClN6S. The van der Waals surface area contributed by atoms with Gasteiger partial charge in [0.05, 0.1) is 22.9 Å². The second-order valence-electron chi connectivity index (χ2n) is 7.35. The molecule has 0 spiro atoms. The highest BCUT2D eigenvalue weighted by Crippen LogP contribution is 2.31. The minimum Gasteiger partial charge on any atom is -0.367 e. The Labute approximate surface area is 192 Å². The maximum Gasteiger partial charge on any atom is 0.172 e. The van der Waals surface area contributed by atoms with E-state index < -0.39 is 0 Å². The molecule has 1 aliphatic heterocycles. The van der Waals surface area contributed by atoms with E-state index in [-0.39, 0.29) is 0 Å². The number of halogens is 2. The van der Waals surface area contributed by atoms with Crippen LogP contribution in [0.25, 0.3) is 16.9 Å². The van der Waals surface area contributed by atoms with Crippen molar-refractivity contribution in [1.29, 1.82) is 0 Å². The van der Waals surface area contributed by atoms with E-state index in [0.29, 0.717) is 11.1 Å². The van der Waals surface area contributed by atoms with E-state index in [1.165, 1.54) is 5.01 Å². The number of benzene rings is 1. The Bertz CT molecular complexity index is 1150. The molecule has 0 amide bonds. The van der Waals surface area contributed by atoms with Crippen LogP contribution in [0.2, 0.25) is 5.02 Å². The fraction of sp³-hybridized carbons (Fsp3) is 0.286. The van der Waals surface area contributed by atoms with Crippen molar-refractivity contribution >= 4 is 50.3 Å². The maximum atomic E-state index is 6.44. The summed E-state index contributed by atoms with van der Waals surface area (Å²) in [6, 6.07) is 10.2. The number of fused-ring (bicyclic) bond motifs is 1. The summed E-state index contributed by atoms with van der Waals surface area (Å²) in [5.74, 6) is 0.930. The van der Waals surface area contributed by atoms with Crippen LogP contribution in [-0.2, 0) is 6.54 Å². The van der Waals surface area contributed by atoms with Crippen LogP contribution in [0.5, 0.6) is 0 Å². The Kier molecular flexibility index (Phi) is 5.73. The van der Waals surface area contributed by atoms with Crippen molar-refractivity contribution < 1.29 is 0 Å². The quantitative estimate of drug-likeness (QED) is 0.398. The Balaban J connectivity index is 1.37. The monoisotopic (exact) mass is 502 g/mol. The second-order valence-corrected chi connectivity index (χ2v) is 9.60. The Morgan fingerprint density at radius 1 is 1.23 bits per heavy atom. The number of likely N-dealkylation sites (tertiary alicyclic amines) is 1. The maximum absolute atomic E-state index is 6.44. The van der Waals surface area contributed by atoms with Gasteiger partial charge in [0, 0.05) is 47.4 Å². The molecule has 0 bridgehead atoms. The zero-order valence-electron chi connectivity index (χ0n) is 16.1. The Hall–Kier alpha value is -2.00. The summed E-state index contributed by atoms with van der Waals surface area (Å²) in [4.78, 5) is 11.7. The van der Waals surface area contributed by atoms with Gasteiger partial charge < -0.3 is 5.32 Å². The lowest BCUT2D eigenvalue weighted by Gasteiger charge is -2.32. The molecule has 30 heavy (non-hydrogen) atoms. The Morgan fingerprint density at radius 2 is 2.07 bits per heavy atom. The van der Waals surface area contributed by atoms with E-state index >= 15 is 0 Å². The molecule has 0 unspecified atom stereocenters. The molecule has 9 heteroatoms. The molecule has 5 rings (SSSR count). The van der Waals surface area contributed by atoms with Crippen molar-refractivity contribution in [2.75, 3.05) is 18.4 Å². The SMILES string of the molecule is Clc1ccccc1-c1cc(NC2CCN(Cc3nccs3)CC2)n2ncc(Br)c2n1. The van der Waals surface area contributed by atoms with Crippen molar-refractivity contribution in [3.63, 3.8) is 0 Å². The predicted molar refractivity (Wildman–Crippen MR) is 125 cm³/mol. The molecule has 6 nitrogen and oxygen atoms in total. The van der Waals surface area contributed by atoms with E-state index in [1.807, 2.05) is 46.4 Å². The summed E-state index contributed by atoms with van der Waals surface area (Å²) in [5.41, 5.74) is 2.52. The molecule has 1 aliphatic rings. The smallest absolute Gasteiger partial charge is 0.172 e. The summed E-state index contributed by atoms with van der Waals surface area (Å²) >= 11 is 11.7. The Morgan fingerprint density at radius 3 is 2.83 bits per heavy atom. The normalized spacial score (nSPS) is 15.7. The molecule has 0 radical (unpaired) electrons. The standard InChI is InChI=1S/C21H20BrClN6S/c22-16-12-25-29-19(11-18(27-21(16)29)15-3-1-2-4-17(15)23)26-14-5-8-28(9-6-14)13-20-24-7-10-30-20/h1-4,7,10-12,14,26H,5-6,8-9,13H2. The average molecular weight is 504 g/mol. The van der Waals surface area contributed by atoms with Gasteiger partial charge in [0.15, 0.2) is 5.65 Å². The molecule has 0 atom stereocenters. The number of anilines is 1. The first-order chi connectivity index (χ1) is 14.7. The van der Waals surface area contributed by atoms with Gasteiger partial charge in [-0.3, -0.25) is 4.90 Å². The largest absolute Gasteiger partial charge is 0.367 e. The highest BCUT2D eigenvalue weighted by Gasteiger charge is 2.22. The third-order valence-electron chi connectivity index (χ3n) is 5.36. The van der Waals surface area contributed by atoms with Gasteiger partial charge in [-0.2, -0.15) is 9.61 Å². The molecule has 1 N–H and O–H groups in total. The number of aromatic nitrogens is 4. The highest BCUT2D eigenvalue weighted by molar-refractivity contribution is 9.10. The molecule has 1 saturated heterocycles. The first kappa shape index (κ1) is 19.9. The van der Waals surface area contributed by atoms with Crippen LogP contribution >= 0.6 is 38.9 Å².